The second-order valence-electron chi connectivity index (χ2n) is 11.4. The number of benzene rings is 3. The van der Waals surface area contributed by atoms with Crippen molar-refractivity contribution in [1.29, 1.82) is 5.26 Å². The number of aromatic nitrogens is 4. The molecule has 1 fully saturated rings. The lowest BCUT2D eigenvalue weighted by Gasteiger charge is -2.17. The lowest BCUT2D eigenvalue weighted by Crippen LogP contribution is -2.21. The summed E-state index contributed by atoms with van der Waals surface area (Å²) in [4.78, 5) is 31.9. The van der Waals surface area contributed by atoms with E-state index in [2.05, 4.69) is 50.3 Å². The number of likely N-dealkylation sites (tertiary alicyclic amines) is 1. The van der Waals surface area contributed by atoms with Crippen LogP contribution >= 0.6 is 0 Å². The second kappa shape index (κ2) is 11.5. The zero-order valence-corrected chi connectivity index (χ0v) is 24.8. The zero-order valence-electron chi connectivity index (χ0n) is 24.8. The zero-order chi connectivity index (χ0) is 31.1. The largest absolute Gasteiger partial charge is 0.435 e. The molecule has 7 rings (SSSR count). The van der Waals surface area contributed by atoms with E-state index in [4.69, 9.17) is 9.40 Å². The number of anilines is 2. The summed E-state index contributed by atoms with van der Waals surface area (Å²) in [7, 11) is 0. The molecular formula is C35H29N7O3. The van der Waals surface area contributed by atoms with Gasteiger partial charge in [-0.15, -0.1) is 0 Å². The number of nitriles is 1. The average Bonchev–Trinajstić information content (AvgIpc) is 3.67. The number of pyridine rings is 1. The van der Waals surface area contributed by atoms with E-state index >= 15 is 0 Å². The minimum Gasteiger partial charge on any atom is -0.435 e. The van der Waals surface area contributed by atoms with Crippen LogP contribution in [0.25, 0.3) is 44.7 Å². The van der Waals surface area contributed by atoms with Crippen LogP contribution in [0.3, 0.4) is 0 Å². The van der Waals surface area contributed by atoms with Gasteiger partial charge < -0.3 is 14.8 Å². The minimum atomic E-state index is -0.265. The first kappa shape index (κ1) is 28.3. The quantitative estimate of drug-likeness (QED) is 0.208. The molecule has 1 aliphatic rings. The number of nitrogens with zero attached hydrogens (tertiary/aromatic N) is 6. The SMILES string of the molecule is Cc1c(Nc2ncnc3cc(CN4CC[C@@H](O)C4)cnc23)cccc1-c1cccc(-c2nc3cc(C=O)cc(C#N)c3o2)c1C. The first-order valence-electron chi connectivity index (χ1n) is 14.7. The average molecular weight is 596 g/mol. The molecule has 2 N–H and O–H groups in total. The molecule has 222 valence electrons. The number of β-amino-alcohol motifs (C(OH)–C–C–N with tert-alkyl or cyclic N) is 1. The highest BCUT2D eigenvalue weighted by atomic mass is 16.3. The highest BCUT2D eigenvalue weighted by Gasteiger charge is 2.21. The summed E-state index contributed by atoms with van der Waals surface area (Å²) in [6, 6.07) is 19.3. The Morgan fingerprint density at radius 1 is 1.04 bits per heavy atom. The van der Waals surface area contributed by atoms with Crippen LogP contribution < -0.4 is 5.32 Å². The molecule has 0 unspecified atom stereocenters. The minimum absolute atomic E-state index is 0.265. The maximum absolute atomic E-state index is 11.4. The lowest BCUT2D eigenvalue weighted by molar-refractivity contribution is 0.112. The maximum atomic E-state index is 11.4. The second-order valence-corrected chi connectivity index (χ2v) is 11.4. The van der Waals surface area contributed by atoms with Crippen LogP contribution in [-0.4, -0.2) is 55.4 Å². The number of oxazole rings is 1. The highest BCUT2D eigenvalue weighted by molar-refractivity contribution is 5.91. The van der Waals surface area contributed by atoms with Crippen LogP contribution in [0.1, 0.15) is 39.0 Å². The van der Waals surface area contributed by atoms with Gasteiger partial charge in [-0.3, -0.25) is 14.7 Å². The fourth-order valence-corrected chi connectivity index (χ4v) is 6.05. The fourth-order valence-electron chi connectivity index (χ4n) is 6.05. The molecule has 0 amide bonds. The molecule has 0 bridgehead atoms. The highest BCUT2D eigenvalue weighted by Crippen LogP contribution is 2.37. The number of aldehydes is 1. The molecule has 0 saturated carbocycles. The van der Waals surface area contributed by atoms with Gasteiger partial charge in [-0.1, -0.05) is 24.3 Å². The topological polar surface area (TPSA) is 141 Å². The Bertz CT molecular complexity index is 2150. The molecule has 10 nitrogen and oxygen atoms in total. The number of carbonyl (C=O) groups excluding carboxylic acids is 1. The van der Waals surface area contributed by atoms with Crippen molar-refractivity contribution in [2.45, 2.75) is 32.9 Å². The monoisotopic (exact) mass is 595 g/mol. The van der Waals surface area contributed by atoms with E-state index < -0.39 is 0 Å². The molecule has 6 aromatic rings. The number of rotatable bonds is 7. The van der Waals surface area contributed by atoms with Crippen LogP contribution in [0.15, 0.2) is 71.5 Å². The van der Waals surface area contributed by atoms with Crippen LogP contribution in [0, 0.1) is 25.2 Å². The number of aliphatic hydroxyl groups is 1. The molecule has 10 heteroatoms. The molecule has 1 atom stereocenters. The van der Waals surface area contributed by atoms with Gasteiger partial charge in [0.15, 0.2) is 11.4 Å². The van der Waals surface area contributed by atoms with Crippen molar-refractivity contribution >= 4 is 39.9 Å². The van der Waals surface area contributed by atoms with E-state index in [1.807, 2.05) is 43.5 Å². The van der Waals surface area contributed by atoms with Crippen LogP contribution in [0.5, 0.6) is 0 Å². The molecule has 1 saturated heterocycles. The third kappa shape index (κ3) is 5.29. The van der Waals surface area contributed by atoms with Gasteiger partial charge in [0.2, 0.25) is 5.89 Å². The third-order valence-electron chi connectivity index (χ3n) is 8.40. The molecule has 0 aliphatic carbocycles. The summed E-state index contributed by atoms with van der Waals surface area (Å²) in [5.74, 6) is 0.998. The van der Waals surface area contributed by atoms with Gasteiger partial charge in [0.25, 0.3) is 0 Å². The number of fused-ring (bicyclic) bond motifs is 2. The van der Waals surface area contributed by atoms with E-state index in [0.717, 1.165) is 64.1 Å². The van der Waals surface area contributed by atoms with E-state index in [0.29, 0.717) is 46.7 Å². The fraction of sp³-hybridized carbons (Fsp3) is 0.200. The summed E-state index contributed by atoms with van der Waals surface area (Å²) in [5.41, 5.74) is 9.64. The van der Waals surface area contributed by atoms with E-state index in [9.17, 15) is 15.2 Å². The van der Waals surface area contributed by atoms with Crippen molar-refractivity contribution < 1.29 is 14.3 Å². The summed E-state index contributed by atoms with van der Waals surface area (Å²) >= 11 is 0. The Labute approximate surface area is 259 Å². The lowest BCUT2D eigenvalue weighted by atomic mass is 9.93. The molecule has 4 heterocycles. The van der Waals surface area contributed by atoms with Crippen LogP contribution in [0.2, 0.25) is 0 Å². The molecule has 3 aromatic carbocycles. The van der Waals surface area contributed by atoms with Gasteiger partial charge in [-0.25, -0.2) is 15.0 Å². The Balaban J connectivity index is 1.21. The molecular weight excluding hydrogens is 566 g/mol. The molecule has 0 spiro atoms. The Hall–Kier alpha value is -5.50. The van der Waals surface area contributed by atoms with Crippen molar-refractivity contribution in [2.24, 2.45) is 0 Å². The predicted octanol–water partition coefficient (Wildman–Crippen LogP) is 6.11. The number of nitrogens with one attached hydrogen (secondary N) is 1. The number of hydrogen-bond acceptors (Lipinski definition) is 10. The predicted molar refractivity (Wildman–Crippen MR) is 171 cm³/mol. The van der Waals surface area contributed by atoms with Crippen molar-refractivity contribution in [3.63, 3.8) is 0 Å². The summed E-state index contributed by atoms with van der Waals surface area (Å²) in [6.07, 6.45) is 4.62. The van der Waals surface area contributed by atoms with Crippen LogP contribution in [0.4, 0.5) is 11.5 Å². The maximum Gasteiger partial charge on any atom is 0.227 e. The van der Waals surface area contributed by atoms with Crippen molar-refractivity contribution in [3.05, 3.63) is 94.9 Å². The standard InChI is InChI=1S/C35H29N7O3/c1-20-26(5-3-7-28(20)35-41-31-12-22(18-43)11-24(14-36)33(31)45-35)27-6-4-8-29(21(27)2)40-34-32-30(38-19-39-34)13-23(15-37-32)16-42-10-9-25(44)17-42/h3-8,11-13,15,18-19,25,44H,9-10,16-17H2,1-2H3,(H,38,39,40)/t25-/m1/s1. The van der Waals surface area contributed by atoms with Crippen molar-refractivity contribution in [2.75, 3.05) is 18.4 Å². The first-order valence-corrected chi connectivity index (χ1v) is 14.7. The van der Waals surface area contributed by atoms with Gasteiger partial charge in [-0.2, -0.15) is 5.26 Å². The van der Waals surface area contributed by atoms with Gasteiger partial charge in [0.1, 0.15) is 29.7 Å². The summed E-state index contributed by atoms with van der Waals surface area (Å²) in [6.45, 7) is 6.33. The Kier molecular flexibility index (Phi) is 7.25. The van der Waals surface area contributed by atoms with Crippen molar-refractivity contribution in [3.8, 4) is 28.7 Å². The molecule has 45 heavy (non-hydrogen) atoms. The van der Waals surface area contributed by atoms with Gasteiger partial charge in [-0.05, 0) is 78.4 Å². The molecule has 3 aromatic heterocycles. The normalized spacial score (nSPS) is 15.0. The van der Waals surface area contributed by atoms with E-state index in [1.165, 1.54) is 6.07 Å². The third-order valence-corrected chi connectivity index (χ3v) is 8.40. The summed E-state index contributed by atoms with van der Waals surface area (Å²) < 4.78 is 6.07. The van der Waals surface area contributed by atoms with Gasteiger partial charge >= 0.3 is 0 Å². The van der Waals surface area contributed by atoms with Gasteiger partial charge in [0.05, 0.1) is 17.2 Å². The van der Waals surface area contributed by atoms with Crippen molar-refractivity contribution in [1.82, 2.24) is 24.8 Å². The van der Waals surface area contributed by atoms with E-state index in [1.54, 1.807) is 12.4 Å². The Morgan fingerprint density at radius 3 is 2.62 bits per heavy atom. The van der Waals surface area contributed by atoms with E-state index in [-0.39, 0.29) is 11.7 Å². The number of hydrogen-bond donors (Lipinski definition) is 2. The summed E-state index contributed by atoms with van der Waals surface area (Å²) in [5, 5.41) is 22.9. The smallest absolute Gasteiger partial charge is 0.227 e. The first-order chi connectivity index (χ1) is 21.9. The Morgan fingerprint density at radius 2 is 1.84 bits per heavy atom. The van der Waals surface area contributed by atoms with Crippen LogP contribution in [-0.2, 0) is 6.54 Å². The van der Waals surface area contributed by atoms with Gasteiger partial charge in [0, 0.05) is 42.6 Å². The number of aliphatic hydroxyl groups excluding tert-OH is 1. The molecule has 1 aliphatic heterocycles. The number of carbonyl (C=O) groups is 1. The molecule has 0 radical (unpaired) electrons.